The van der Waals surface area contributed by atoms with Crippen LogP contribution in [0.4, 0.5) is 20.6 Å². The van der Waals surface area contributed by atoms with Crippen molar-refractivity contribution in [2.75, 3.05) is 16.3 Å². The van der Waals surface area contributed by atoms with Gasteiger partial charge in [0.15, 0.2) is 0 Å². The number of carbonyl (C=O) groups is 1. The minimum Gasteiger partial charge on any atom is -0.336 e. The Morgan fingerprint density at radius 2 is 1.89 bits per heavy atom. The highest BCUT2D eigenvalue weighted by molar-refractivity contribution is 7.92. The number of sulfonamides is 1. The zero-order valence-corrected chi connectivity index (χ0v) is 11.6. The Kier molecular flexibility index (Phi) is 4.71. The highest BCUT2D eigenvalue weighted by Crippen LogP contribution is 2.23. The van der Waals surface area contributed by atoms with Crippen LogP contribution in [-0.4, -0.2) is 26.7 Å². The predicted molar refractivity (Wildman–Crippen MR) is 72.2 cm³/mol. The van der Waals surface area contributed by atoms with Gasteiger partial charge in [-0.05, 0) is 32.0 Å². The van der Waals surface area contributed by atoms with Gasteiger partial charge < -0.3 is 10.6 Å². The summed E-state index contributed by atoms with van der Waals surface area (Å²) < 4.78 is 37.7. The van der Waals surface area contributed by atoms with E-state index >= 15 is 0 Å². The molecule has 3 N–H and O–H groups in total. The Labute approximate surface area is 111 Å². The van der Waals surface area contributed by atoms with Gasteiger partial charge in [0.05, 0.1) is 17.6 Å². The third kappa shape index (κ3) is 5.56. The van der Waals surface area contributed by atoms with Gasteiger partial charge in [0.25, 0.3) is 0 Å². The third-order valence-corrected chi connectivity index (χ3v) is 2.54. The predicted octanol–water partition coefficient (Wildman–Crippen LogP) is 1.73. The highest BCUT2D eigenvalue weighted by Gasteiger charge is 2.11. The lowest BCUT2D eigenvalue weighted by atomic mass is 10.2. The standard InChI is InChI=1S/C11H16FN3O3S/c1-7(2)13-11(16)14-10-6-8(12)4-5-9(10)15-19(3,17)18/h4-7,15H,1-3H3,(H2,13,14,16). The number of anilines is 2. The van der Waals surface area contributed by atoms with Crippen molar-refractivity contribution in [2.24, 2.45) is 0 Å². The number of halogens is 1. The molecule has 0 fully saturated rings. The number of benzene rings is 1. The second kappa shape index (κ2) is 5.87. The summed E-state index contributed by atoms with van der Waals surface area (Å²) in [5.41, 5.74) is 0.145. The van der Waals surface area contributed by atoms with Crippen LogP contribution in [0.3, 0.4) is 0 Å². The summed E-state index contributed by atoms with van der Waals surface area (Å²) in [4.78, 5) is 11.5. The molecule has 0 radical (unpaired) electrons. The topological polar surface area (TPSA) is 87.3 Å². The van der Waals surface area contributed by atoms with Crippen LogP contribution in [0, 0.1) is 5.82 Å². The molecule has 0 atom stereocenters. The number of hydrogen-bond donors (Lipinski definition) is 3. The average Bonchev–Trinajstić information content (AvgIpc) is 2.19. The summed E-state index contributed by atoms with van der Waals surface area (Å²) in [5, 5.41) is 4.94. The molecule has 0 aromatic heterocycles. The van der Waals surface area contributed by atoms with E-state index in [0.29, 0.717) is 0 Å². The van der Waals surface area contributed by atoms with Crippen molar-refractivity contribution in [1.82, 2.24) is 5.32 Å². The highest BCUT2D eigenvalue weighted by atomic mass is 32.2. The van der Waals surface area contributed by atoms with Crippen LogP contribution >= 0.6 is 0 Å². The molecule has 1 aromatic carbocycles. The largest absolute Gasteiger partial charge is 0.336 e. The molecule has 8 heteroatoms. The molecule has 1 rings (SSSR count). The zero-order valence-electron chi connectivity index (χ0n) is 10.8. The van der Waals surface area contributed by atoms with Gasteiger partial charge in [-0.3, -0.25) is 4.72 Å². The maximum Gasteiger partial charge on any atom is 0.319 e. The van der Waals surface area contributed by atoms with E-state index in [2.05, 4.69) is 15.4 Å². The van der Waals surface area contributed by atoms with Crippen molar-refractivity contribution in [1.29, 1.82) is 0 Å². The molecule has 0 saturated heterocycles. The Morgan fingerprint density at radius 3 is 2.42 bits per heavy atom. The molecule has 19 heavy (non-hydrogen) atoms. The van der Waals surface area contributed by atoms with Crippen molar-refractivity contribution in [3.05, 3.63) is 24.0 Å². The van der Waals surface area contributed by atoms with E-state index in [4.69, 9.17) is 0 Å². The van der Waals surface area contributed by atoms with Crippen LogP contribution < -0.4 is 15.4 Å². The molecular weight excluding hydrogens is 273 g/mol. The van der Waals surface area contributed by atoms with Gasteiger partial charge in [0, 0.05) is 6.04 Å². The van der Waals surface area contributed by atoms with Gasteiger partial charge in [0.2, 0.25) is 10.0 Å². The van der Waals surface area contributed by atoms with E-state index < -0.39 is 21.9 Å². The summed E-state index contributed by atoms with van der Waals surface area (Å²) >= 11 is 0. The Bertz CT molecular complexity index is 573. The number of urea groups is 1. The van der Waals surface area contributed by atoms with Crippen molar-refractivity contribution in [2.45, 2.75) is 19.9 Å². The van der Waals surface area contributed by atoms with E-state index in [0.717, 1.165) is 18.4 Å². The molecule has 0 heterocycles. The van der Waals surface area contributed by atoms with E-state index in [1.807, 2.05) is 0 Å². The van der Waals surface area contributed by atoms with Gasteiger partial charge in [-0.1, -0.05) is 0 Å². The molecule has 2 amide bonds. The van der Waals surface area contributed by atoms with Crippen molar-refractivity contribution in [3.8, 4) is 0 Å². The lowest BCUT2D eigenvalue weighted by molar-refractivity contribution is 0.250. The Balaban J connectivity index is 2.97. The number of hydrogen-bond acceptors (Lipinski definition) is 3. The fourth-order valence-corrected chi connectivity index (χ4v) is 1.91. The van der Waals surface area contributed by atoms with Crippen LogP contribution in [0.25, 0.3) is 0 Å². The first-order valence-corrected chi connectivity index (χ1v) is 7.41. The molecule has 0 saturated carbocycles. The van der Waals surface area contributed by atoms with Crippen molar-refractivity contribution >= 4 is 27.4 Å². The minimum atomic E-state index is -3.52. The smallest absolute Gasteiger partial charge is 0.319 e. The number of nitrogens with one attached hydrogen (secondary N) is 3. The summed E-state index contributed by atoms with van der Waals surface area (Å²) in [6, 6.07) is 2.73. The van der Waals surface area contributed by atoms with E-state index in [1.165, 1.54) is 6.07 Å². The lowest BCUT2D eigenvalue weighted by Gasteiger charge is -2.14. The molecule has 6 nitrogen and oxygen atoms in total. The summed E-state index contributed by atoms with van der Waals surface area (Å²) in [7, 11) is -3.52. The Morgan fingerprint density at radius 1 is 1.26 bits per heavy atom. The molecule has 106 valence electrons. The third-order valence-electron chi connectivity index (χ3n) is 1.94. The van der Waals surface area contributed by atoms with Gasteiger partial charge >= 0.3 is 6.03 Å². The summed E-state index contributed by atoms with van der Waals surface area (Å²) in [6.45, 7) is 3.53. The van der Waals surface area contributed by atoms with Crippen molar-refractivity contribution < 1.29 is 17.6 Å². The summed E-state index contributed by atoms with van der Waals surface area (Å²) in [5.74, 6) is -0.584. The number of carbonyl (C=O) groups excluding carboxylic acids is 1. The first-order chi connectivity index (χ1) is 8.67. The van der Waals surface area contributed by atoms with Crippen LogP contribution in [0.5, 0.6) is 0 Å². The van der Waals surface area contributed by atoms with Crippen LogP contribution in [0.15, 0.2) is 18.2 Å². The SMILES string of the molecule is CC(C)NC(=O)Nc1cc(F)ccc1NS(C)(=O)=O. The average molecular weight is 289 g/mol. The first kappa shape index (κ1) is 15.2. The van der Waals surface area contributed by atoms with E-state index in [9.17, 15) is 17.6 Å². The molecule has 0 unspecified atom stereocenters. The lowest BCUT2D eigenvalue weighted by Crippen LogP contribution is -2.34. The van der Waals surface area contributed by atoms with Crippen LogP contribution in [0.2, 0.25) is 0 Å². The van der Waals surface area contributed by atoms with Gasteiger partial charge in [-0.25, -0.2) is 17.6 Å². The molecule has 0 aliphatic carbocycles. The fourth-order valence-electron chi connectivity index (χ4n) is 1.33. The second-order valence-corrected chi connectivity index (χ2v) is 6.07. The molecule has 0 aliphatic heterocycles. The molecular formula is C11H16FN3O3S. The van der Waals surface area contributed by atoms with Crippen molar-refractivity contribution in [3.63, 3.8) is 0 Å². The maximum atomic E-state index is 13.1. The molecule has 0 spiro atoms. The van der Waals surface area contributed by atoms with Crippen LogP contribution in [0.1, 0.15) is 13.8 Å². The zero-order chi connectivity index (χ0) is 14.6. The van der Waals surface area contributed by atoms with Gasteiger partial charge in [-0.15, -0.1) is 0 Å². The molecule has 0 aliphatic rings. The fraction of sp³-hybridized carbons (Fsp3) is 0.364. The van der Waals surface area contributed by atoms with E-state index in [1.54, 1.807) is 13.8 Å². The Hall–Kier alpha value is -1.83. The van der Waals surface area contributed by atoms with Gasteiger partial charge in [-0.2, -0.15) is 0 Å². The monoisotopic (exact) mass is 289 g/mol. The van der Waals surface area contributed by atoms with Crippen LogP contribution in [-0.2, 0) is 10.0 Å². The first-order valence-electron chi connectivity index (χ1n) is 5.52. The normalized spacial score (nSPS) is 11.2. The quantitative estimate of drug-likeness (QED) is 0.788. The summed E-state index contributed by atoms with van der Waals surface area (Å²) in [6.07, 6.45) is 0.967. The second-order valence-electron chi connectivity index (χ2n) is 4.32. The molecule has 1 aromatic rings. The number of amides is 2. The van der Waals surface area contributed by atoms with E-state index in [-0.39, 0.29) is 17.4 Å². The maximum absolute atomic E-state index is 13.1. The molecule has 0 bridgehead atoms. The van der Waals surface area contributed by atoms with Gasteiger partial charge in [0.1, 0.15) is 5.82 Å². The minimum absolute atomic E-state index is 0.0450. The number of rotatable bonds is 4.